The van der Waals surface area contributed by atoms with Crippen LogP contribution < -0.4 is 0 Å². The van der Waals surface area contributed by atoms with Crippen LogP contribution in [0.2, 0.25) is 4.34 Å². The molecule has 1 amide bonds. The molecule has 1 aliphatic rings. The van der Waals surface area contributed by atoms with Gasteiger partial charge in [0.25, 0.3) is 0 Å². The van der Waals surface area contributed by atoms with Crippen LogP contribution in [-0.2, 0) is 11.2 Å². The van der Waals surface area contributed by atoms with Crippen LogP contribution in [0.1, 0.15) is 49.8 Å². The van der Waals surface area contributed by atoms with E-state index in [1.54, 1.807) is 11.3 Å². The van der Waals surface area contributed by atoms with Gasteiger partial charge in [0.1, 0.15) is 0 Å². The van der Waals surface area contributed by atoms with Crippen molar-refractivity contribution in [2.75, 3.05) is 7.05 Å². The summed E-state index contributed by atoms with van der Waals surface area (Å²) in [6, 6.07) is 4.38. The second-order valence-electron chi connectivity index (χ2n) is 5.36. The minimum atomic E-state index is 0.274. The van der Waals surface area contributed by atoms with E-state index in [2.05, 4.69) is 0 Å². The molecule has 0 N–H and O–H groups in total. The molecule has 0 radical (unpaired) electrons. The van der Waals surface area contributed by atoms with Crippen molar-refractivity contribution in [3.63, 3.8) is 0 Å². The van der Waals surface area contributed by atoms with E-state index in [0.29, 0.717) is 12.5 Å². The molecular weight excluding hydrogens is 278 g/mol. The minimum Gasteiger partial charge on any atom is -0.343 e. The summed E-state index contributed by atoms with van der Waals surface area (Å²) in [4.78, 5) is 15.4. The second-order valence-corrected chi connectivity index (χ2v) is 7.16. The van der Waals surface area contributed by atoms with Crippen molar-refractivity contribution in [1.82, 2.24) is 4.90 Å². The number of carbonyl (C=O) groups excluding carboxylic acids is 1. The zero-order valence-corrected chi connectivity index (χ0v) is 13.1. The van der Waals surface area contributed by atoms with Crippen LogP contribution in [0.25, 0.3) is 0 Å². The third-order valence-corrected chi connectivity index (χ3v) is 5.27. The predicted octanol–water partition coefficient (Wildman–Crippen LogP) is 4.52. The molecule has 1 aliphatic carbocycles. The Labute approximate surface area is 124 Å². The molecule has 0 saturated heterocycles. The molecule has 1 aromatic heterocycles. The summed E-state index contributed by atoms with van der Waals surface area (Å²) in [6.45, 7) is 0. The number of nitrogens with zero attached hydrogens (tertiary/aromatic N) is 1. The zero-order chi connectivity index (χ0) is 13.7. The molecule has 4 heteroatoms. The third kappa shape index (κ3) is 4.50. The first-order valence-electron chi connectivity index (χ1n) is 7.16. The smallest absolute Gasteiger partial charge is 0.222 e. The highest BCUT2D eigenvalue weighted by Crippen LogP contribution is 2.24. The van der Waals surface area contributed by atoms with Gasteiger partial charge in [-0.2, -0.15) is 0 Å². The molecule has 0 aliphatic heterocycles. The maximum Gasteiger partial charge on any atom is 0.222 e. The van der Waals surface area contributed by atoms with Gasteiger partial charge in [-0.3, -0.25) is 4.79 Å². The number of amides is 1. The number of aryl methyl sites for hydroxylation is 1. The van der Waals surface area contributed by atoms with Crippen molar-refractivity contribution in [1.29, 1.82) is 0 Å². The molecule has 0 bridgehead atoms. The number of rotatable bonds is 4. The maximum atomic E-state index is 12.2. The fourth-order valence-corrected chi connectivity index (χ4v) is 3.83. The highest BCUT2D eigenvalue weighted by molar-refractivity contribution is 7.16. The molecule has 0 atom stereocenters. The predicted molar refractivity (Wildman–Crippen MR) is 81.9 cm³/mol. The molecule has 1 fully saturated rings. The van der Waals surface area contributed by atoms with Gasteiger partial charge in [-0.05, 0) is 31.4 Å². The minimum absolute atomic E-state index is 0.274. The lowest BCUT2D eigenvalue weighted by molar-refractivity contribution is -0.132. The lowest BCUT2D eigenvalue weighted by atomic mass is 10.1. The SMILES string of the molecule is CN(C(=O)CCc1ccc(Cl)s1)C1CCCCCC1. The Morgan fingerprint density at radius 1 is 1.32 bits per heavy atom. The van der Waals surface area contributed by atoms with Gasteiger partial charge in [0.05, 0.1) is 4.34 Å². The Hall–Kier alpha value is -0.540. The van der Waals surface area contributed by atoms with Crippen molar-refractivity contribution in [2.24, 2.45) is 0 Å². The Bertz CT molecular complexity index is 410. The fourth-order valence-electron chi connectivity index (χ4n) is 2.74. The highest BCUT2D eigenvalue weighted by Gasteiger charge is 2.20. The first-order valence-corrected chi connectivity index (χ1v) is 8.36. The number of halogens is 1. The first-order chi connectivity index (χ1) is 9.16. The largest absolute Gasteiger partial charge is 0.343 e. The summed E-state index contributed by atoms with van der Waals surface area (Å²) in [5.41, 5.74) is 0. The van der Waals surface area contributed by atoms with Crippen molar-refractivity contribution < 1.29 is 4.79 Å². The molecule has 0 unspecified atom stereocenters. The topological polar surface area (TPSA) is 20.3 Å². The zero-order valence-electron chi connectivity index (χ0n) is 11.5. The fraction of sp³-hybridized carbons (Fsp3) is 0.667. The number of hydrogen-bond donors (Lipinski definition) is 0. The highest BCUT2D eigenvalue weighted by atomic mass is 35.5. The average molecular weight is 300 g/mol. The van der Waals surface area contributed by atoms with Gasteiger partial charge in [0.2, 0.25) is 5.91 Å². The Morgan fingerprint density at radius 2 is 2.00 bits per heavy atom. The van der Waals surface area contributed by atoms with E-state index in [-0.39, 0.29) is 5.91 Å². The van der Waals surface area contributed by atoms with Crippen molar-refractivity contribution in [3.05, 3.63) is 21.3 Å². The Kier molecular flexibility index (Phi) is 5.71. The van der Waals surface area contributed by atoms with Gasteiger partial charge < -0.3 is 4.90 Å². The molecule has 0 spiro atoms. The maximum absolute atomic E-state index is 12.2. The van der Waals surface area contributed by atoms with E-state index in [1.807, 2.05) is 24.1 Å². The van der Waals surface area contributed by atoms with Crippen LogP contribution in [0.3, 0.4) is 0 Å². The van der Waals surface area contributed by atoms with E-state index >= 15 is 0 Å². The van der Waals surface area contributed by atoms with Crippen LogP contribution in [0.4, 0.5) is 0 Å². The van der Waals surface area contributed by atoms with Gasteiger partial charge in [0, 0.05) is 24.4 Å². The monoisotopic (exact) mass is 299 g/mol. The van der Waals surface area contributed by atoms with Gasteiger partial charge in [0.15, 0.2) is 0 Å². The van der Waals surface area contributed by atoms with Crippen LogP contribution in [0.5, 0.6) is 0 Å². The molecule has 1 saturated carbocycles. The quantitative estimate of drug-likeness (QED) is 0.749. The second kappa shape index (κ2) is 7.30. The number of hydrogen-bond acceptors (Lipinski definition) is 2. The average Bonchev–Trinajstić information content (AvgIpc) is 2.67. The van der Waals surface area contributed by atoms with Crippen LogP contribution in [0.15, 0.2) is 12.1 Å². The van der Waals surface area contributed by atoms with Gasteiger partial charge in [-0.25, -0.2) is 0 Å². The van der Waals surface area contributed by atoms with Gasteiger partial charge in [-0.1, -0.05) is 37.3 Å². The first kappa shape index (κ1) is 14.9. The van der Waals surface area contributed by atoms with Crippen molar-refractivity contribution in [3.8, 4) is 0 Å². The summed E-state index contributed by atoms with van der Waals surface area (Å²) in [7, 11) is 1.97. The van der Waals surface area contributed by atoms with Gasteiger partial charge >= 0.3 is 0 Å². The van der Waals surface area contributed by atoms with E-state index < -0.39 is 0 Å². The lowest BCUT2D eigenvalue weighted by Crippen LogP contribution is -2.36. The van der Waals surface area contributed by atoms with Crippen LogP contribution in [0, 0.1) is 0 Å². The van der Waals surface area contributed by atoms with E-state index in [4.69, 9.17) is 11.6 Å². The summed E-state index contributed by atoms with van der Waals surface area (Å²) >= 11 is 7.48. The normalized spacial score (nSPS) is 17.2. The number of carbonyl (C=O) groups is 1. The molecule has 1 heterocycles. The van der Waals surface area contributed by atoms with E-state index in [9.17, 15) is 4.79 Å². The molecular formula is C15H22ClNOS. The van der Waals surface area contributed by atoms with Crippen molar-refractivity contribution >= 4 is 28.8 Å². The molecule has 106 valence electrons. The molecule has 2 nitrogen and oxygen atoms in total. The standard InChI is InChI=1S/C15H22ClNOS/c1-17(12-6-4-2-3-5-7-12)15(18)11-9-13-8-10-14(16)19-13/h8,10,12H,2-7,9,11H2,1H3. The third-order valence-electron chi connectivity index (χ3n) is 3.98. The van der Waals surface area contributed by atoms with Crippen LogP contribution in [-0.4, -0.2) is 23.9 Å². The summed E-state index contributed by atoms with van der Waals surface area (Å²) < 4.78 is 0.805. The Morgan fingerprint density at radius 3 is 2.58 bits per heavy atom. The summed E-state index contributed by atoms with van der Waals surface area (Å²) in [6.07, 6.45) is 8.95. The number of thiophene rings is 1. The van der Waals surface area contributed by atoms with E-state index in [0.717, 1.165) is 10.8 Å². The van der Waals surface area contributed by atoms with Crippen LogP contribution >= 0.6 is 22.9 Å². The lowest BCUT2D eigenvalue weighted by Gasteiger charge is -2.27. The Balaban J connectivity index is 1.81. The molecule has 19 heavy (non-hydrogen) atoms. The molecule has 0 aromatic carbocycles. The molecule has 2 rings (SSSR count). The van der Waals surface area contributed by atoms with Gasteiger partial charge in [-0.15, -0.1) is 11.3 Å². The summed E-state index contributed by atoms with van der Waals surface area (Å²) in [5.74, 6) is 0.274. The summed E-state index contributed by atoms with van der Waals surface area (Å²) in [5, 5.41) is 0. The van der Waals surface area contributed by atoms with Crippen molar-refractivity contribution in [2.45, 2.75) is 57.4 Å². The molecule has 1 aromatic rings. The van der Waals surface area contributed by atoms with E-state index in [1.165, 1.54) is 43.4 Å².